The molecular formula is C11H18O3. The summed E-state index contributed by atoms with van der Waals surface area (Å²) in [7, 11) is 1.40. The molecule has 0 bridgehead atoms. The van der Waals surface area contributed by atoms with Gasteiger partial charge in [0.2, 0.25) is 0 Å². The molecule has 3 heteroatoms. The fourth-order valence-corrected chi connectivity index (χ4v) is 2.06. The van der Waals surface area contributed by atoms with E-state index in [0.29, 0.717) is 24.5 Å². The molecule has 1 aliphatic rings. The van der Waals surface area contributed by atoms with Gasteiger partial charge in [0, 0.05) is 19.3 Å². The predicted molar refractivity (Wildman–Crippen MR) is 52.8 cm³/mol. The van der Waals surface area contributed by atoms with E-state index in [1.807, 2.05) is 6.92 Å². The number of ether oxygens (including phenoxy) is 1. The van der Waals surface area contributed by atoms with Crippen LogP contribution in [0.3, 0.4) is 0 Å². The monoisotopic (exact) mass is 198 g/mol. The van der Waals surface area contributed by atoms with Gasteiger partial charge in [-0.05, 0) is 24.7 Å². The molecule has 1 saturated carbocycles. The second-order valence-electron chi connectivity index (χ2n) is 4.15. The third kappa shape index (κ3) is 3.13. The van der Waals surface area contributed by atoms with Crippen LogP contribution < -0.4 is 0 Å². The lowest BCUT2D eigenvalue weighted by Gasteiger charge is -2.25. The van der Waals surface area contributed by atoms with Crippen LogP contribution in [0.2, 0.25) is 0 Å². The van der Waals surface area contributed by atoms with Gasteiger partial charge in [-0.25, -0.2) is 0 Å². The molecular weight excluding hydrogens is 180 g/mol. The number of carbonyl (C=O) groups excluding carboxylic acids is 2. The Balaban J connectivity index is 2.39. The second kappa shape index (κ2) is 5.13. The van der Waals surface area contributed by atoms with Crippen molar-refractivity contribution in [2.24, 2.45) is 11.8 Å². The lowest BCUT2D eigenvalue weighted by molar-refractivity contribution is -0.142. The van der Waals surface area contributed by atoms with Crippen LogP contribution in [0.4, 0.5) is 0 Å². The van der Waals surface area contributed by atoms with Crippen LogP contribution in [-0.2, 0) is 14.3 Å². The summed E-state index contributed by atoms with van der Waals surface area (Å²) in [6, 6.07) is 0. The fourth-order valence-electron chi connectivity index (χ4n) is 2.06. The Morgan fingerprint density at radius 3 is 2.93 bits per heavy atom. The minimum absolute atomic E-state index is 0.171. The maximum Gasteiger partial charge on any atom is 0.305 e. The van der Waals surface area contributed by atoms with Crippen molar-refractivity contribution in [1.29, 1.82) is 0 Å². The van der Waals surface area contributed by atoms with E-state index in [2.05, 4.69) is 4.74 Å². The summed E-state index contributed by atoms with van der Waals surface area (Å²) in [5.41, 5.74) is 0. The number of carbonyl (C=O) groups is 2. The van der Waals surface area contributed by atoms with Gasteiger partial charge >= 0.3 is 5.97 Å². The number of rotatable bonds is 3. The largest absolute Gasteiger partial charge is 0.469 e. The van der Waals surface area contributed by atoms with Crippen LogP contribution in [0.25, 0.3) is 0 Å². The molecule has 0 aromatic rings. The molecule has 14 heavy (non-hydrogen) atoms. The van der Waals surface area contributed by atoms with E-state index < -0.39 is 0 Å². The average molecular weight is 198 g/mol. The molecule has 2 atom stereocenters. The van der Waals surface area contributed by atoms with Gasteiger partial charge in [0.15, 0.2) is 0 Å². The van der Waals surface area contributed by atoms with Gasteiger partial charge in [-0.15, -0.1) is 0 Å². The van der Waals surface area contributed by atoms with Crippen LogP contribution in [0.5, 0.6) is 0 Å². The Bertz CT molecular complexity index is 223. The van der Waals surface area contributed by atoms with Crippen molar-refractivity contribution in [3.63, 3.8) is 0 Å². The van der Waals surface area contributed by atoms with Gasteiger partial charge in [0.25, 0.3) is 0 Å². The normalized spacial score (nSPS) is 24.4. The van der Waals surface area contributed by atoms with Crippen molar-refractivity contribution in [3.8, 4) is 0 Å². The van der Waals surface area contributed by atoms with Gasteiger partial charge in [0.05, 0.1) is 7.11 Å². The van der Waals surface area contributed by atoms with E-state index in [-0.39, 0.29) is 11.9 Å². The van der Waals surface area contributed by atoms with Crippen molar-refractivity contribution < 1.29 is 14.3 Å². The molecule has 1 fully saturated rings. The van der Waals surface area contributed by atoms with Crippen molar-refractivity contribution in [2.75, 3.05) is 7.11 Å². The minimum Gasteiger partial charge on any atom is -0.469 e. The van der Waals surface area contributed by atoms with Gasteiger partial charge in [-0.2, -0.15) is 0 Å². The van der Waals surface area contributed by atoms with E-state index in [9.17, 15) is 9.59 Å². The van der Waals surface area contributed by atoms with Gasteiger partial charge in [-0.3, -0.25) is 9.59 Å². The molecule has 80 valence electrons. The van der Waals surface area contributed by atoms with E-state index >= 15 is 0 Å². The maximum atomic E-state index is 11.2. The Hall–Kier alpha value is -0.860. The Labute approximate surface area is 84.8 Å². The van der Waals surface area contributed by atoms with Crippen molar-refractivity contribution in [1.82, 2.24) is 0 Å². The summed E-state index contributed by atoms with van der Waals surface area (Å²) in [6.45, 7) is 2.03. The van der Waals surface area contributed by atoms with Crippen LogP contribution in [0, 0.1) is 11.8 Å². The summed E-state index contributed by atoms with van der Waals surface area (Å²) in [4.78, 5) is 22.3. The zero-order chi connectivity index (χ0) is 10.6. The highest BCUT2D eigenvalue weighted by molar-refractivity contribution is 5.79. The molecule has 0 heterocycles. The smallest absolute Gasteiger partial charge is 0.305 e. The van der Waals surface area contributed by atoms with E-state index in [1.165, 1.54) is 7.11 Å². The van der Waals surface area contributed by atoms with E-state index in [1.54, 1.807) is 0 Å². The Kier molecular flexibility index (Phi) is 4.11. The quantitative estimate of drug-likeness (QED) is 0.651. The molecule has 0 aromatic heterocycles. The zero-order valence-corrected chi connectivity index (χ0v) is 8.91. The van der Waals surface area contributed by atoms with Crippen molar-refractivity contribution >= 4 is 11.8 Å². The minimum atomic E-state index is -0.171. The summed E-state index contributed by atoms with van der Waals surface area (Å²) in [5.74, 6) is 0.829. The van der Waals surface area contributed by atoms with E-state index in [0.717, 1.165) is 19.3 Å². The van der Waals surface area contributed by atoms with Crippen LogP contribution in [-0.4, -0.2) is 18.9 Å². The average Bonchev–Trinajstić information content (AvgIpc) is 2.17. The molecule has 0 amide bonds. The lowest BCUT2D eigenvalue weighted by atomic mass is 9.79. The highest BCUT2D eigenvalue weighted by atomic mass is 16.5. The molecule has 1 aliphatic carbocycles. The summed E-state index contributed by atoms with van der Waals surface area (Å²) >= 11 is 0. The Morgan fingerprint density at radius 2 is 2.36 bits per heavy atom. The van der Waals surface area contributed by atoms with E-state index in [4.69, 9.17) is 0 Å². The lowest BCUT2D eigenvalue weighted by Crippen LogP contribution is -2.23. The standard InChI is InChI=1S/C11H18O3/c1-8(6-11(13)14-2)9-4-3-5-10(12)7-9/h8-9H,3-7H2,1-2H3. The van der Waals surface area contributed by atoms with Gasteiger partial charge < -0.3 is 4.74 Å². The van der Waals surface area contributed by atoms with Gasteiger partial charge in [0.1, 0.15) is 5.78 Å². The molecule has 0 aromatic carbocycles. The molecule has 0 saturated heterocycles. The SMILES string of the molecule is COC(=O)CC(C)C1CCCC(=O)C1. The molecule has 1 rings (SSSR count). The first-order valence-corrected chi connectivity index (χ1v) is 5.22. The Morgan fingerprint density at radius 1 is 1.64 bits per heavy atom. The van der Waals surface area contributed by atoms with Crippen LogP contribution in [0.15, 0.2) is 0 Å². The molecule has 2 unspecified atom stereocenters. The molecule has 0 N–H and O–H groups in total. The highest BCUT2D eigenvalue weighted by Crippen LogP contribution is 2.29. The number of hydrogen-bond donors (Lipinski definition) is 0. The summed E-state index contributed by atoms with van der Waals surface area (Å²) in [5, 5.41) is 0. The number of hydrogen-bond acceptors (Lipinski definition) is 3. The zero-order valence-electron chi connectivity index (χ0n) is 8.91. The first kappa shape index (κ1) is 11.2. The maximum absolute atomic E-state index is 11.2. The number of ketones is 1. The van der Waals surface area contributed by atoms with Crippen LogP contribution >= 0.6 is 0 Å². The third-order valence-corrected chi connectivity index (χ3v) is 3.04. The fraction of sp³-hybridized carbons (Fsp3) is 0.818. The molecule has 0 spiro atoms. The third-order valence-electron chi connectivity index (χ3n) is 3.04. The van der Waals surface area contributed by atoms with Gasteiger partial charge in [-0.1, -0.05) is 6.92 Å². The number of esters is 1. The first-order valence-electron chi connectivity index (χ1n) is 5.22. The topological polar surface area (TPSA) is 43.4 Å². The van der Waals surface area contributed by atoms with Crippen molar-refractivity contribution in [2.45, 2.75) is 39.0 Å². The van der Waals surface area contributed by atoms with Crippen LogP contribution in [0.1, 0.15) is 39.0 Å². The van der Waals surface area contributed by atoms with Crippen molar-refractivity contribution in [3.05, 3.63) is 0 Å². The second-order valence-corrected chi connectivity index (χ2v) is 4.15. The number of methoxy groups -OCH3 is 1. The summed E-state index contributed by atoms with van der Waals surface area (Å²) in [6.07, 6.45) is 3.87. The molecule has 0 aliphatic heterocycles. The molecule has 0 radical (unpaired) electrons. The first-order chi connectivity index (χ1) is 6.63. The predicted octanol–water partition coefficient (Wildman–Crippen LogP) is 1.94. The highest BCUT2D eigenvalue weighted by Gasteiger charge is 2.25. The summed E-state index contributed by atoms with van der Waals surface area (Å²) < 4.78 is 4.61. The number of Topliss-reactive ketones (excluding diaryl/α,β-unsaturated/α-hetero) is 1. The molecule has 3 nitrogen and oxygen atoms in total.